The van der Waals surface area contributed by atoms with Gasteiger partial charge in [-0.05, 0) is 66.8 Å². The third-order valence-corrected chi connectivity index (χ3v) is 5.98. The monoisotopic (exact) mass is 453 g/mol. The Morgan fingerprint density at radius 1 is 1.12 bits per heavy atom. The minimum Gasteiger partial charge on any atom is -0.495 e. The van der Waals surface area contributed by atoms with E-state index in [-0.39, 0.29) is 12.2 Å². The number of aromatic nitrogens is 2. The van der Waals surface area contributed by atoms with E-state index in [4.69, 9.17) is 4.74 Å². The number of carbonyl (C=O) groups excluding carboxylic acids is 1. The van der Waals surface area contributed by atoms with Crippen molar-refractivity contribution in [1.29, 1.82) is 0 Å². The SMILES string of the molecule is COc1ccc(C)cc1NC(=O)Cn1c(=O)n(-c2ccc(F)cc2C)c(=O)c2sccc21. The molecule has 1 N–H and O–H groups in total. The van der Waals surface area contributed by atoms with Crippen molar-refractivity contribution in [2.24, 2.45) is 0 Å². The van der Waals surface area contributed by atoms with E-state index in [1.165, 1.54) is 41.2 Å². The van der Waals surface area contributed by atoms with Crippen molar-refractivity contribution >= 4 is 33.1 Å². The maximum atomic E-state index is 13.6. The van der Waals surface area contributed by atoms with Crippen LogP contribution in [0.5, 0.6) is 5.75 Å². The van der Waals surface area contributed by atoms with Crippen LogP contribution >= 0.6 is 11.3 Å². The molecule has 0 unspecified atom stereocenters. The Morgan fingerprint density at radius 3 is 2.62 bits per heavy atom. The van der Waals surface area contributed by atoms with Gasteiger partial charge >= 0.3 is 5.69 Å². The molecule has 7 nitrogen and oxygen atoms in total. The van der Waals surface area contributed by atoms with Gasteiger partial charge in [0.15, 0.2) is 0 Å². The van der Waals surface area contributed by atoms with Gasteiger partial charge in [0.25, 0.3) is 5.56 Å². The van der Waals surface area contributed by atoms with Gasteiger partial charge in [-0.15, -0.1) is 11.3 Å². The van der Waals surface area contributed by atoms with Gasteiger partial charge in [-0.3, -0.25) is 14.2 Å². The lowest BCUT2D eigenvalue weighted by atomic mass is 10.2. The van der Waals surface area contributed by atoms with E-state index in [1.54, 1.807) is 30.5 Å². The number of aryl methyl sites for hydroxylation is 2. The van der Waals surface area contributed by atoms with E-state index < -0.39 is 23.0 Å². The second-order valence-corrected chi connectivity index (χ2v) is 8.24. The Bertz CT molecular complexity index is 1470. The van der Waals surface area contributed by atoms with Crippen molar-refractivity contribution in [1.82, 2.24) is 9.13 Å². The molecule has 9 heteroatoms. The lowest BCUT2D eigenvalue weighted by Gasteiger charge is -2.15. The topological polar surface area (TPSA) is 82.3 Å². The van der Waals surface area contributed by atoms with Crippen LogP contribution in [-0.4, -0.2) is 22.2 Å². The van der Waals surface area contributed by atoms with Crippen molar-refractivity contribution < 1.29 is 13.9 Å². The Kier molecular flexibility index (Phi) is 5.67. The zero-order valence-corrected chi connectivity index (χ0v) is 18.5. The maximum absolute atomic E-state index is 13.6. The number of rotatable bonds is 5. The van der Waals surface area contributed by atoms with E-state index in [0.29, 0.717) is 27.2 Å². The quantitative estimate of drug-likeness (QED) is 0.501. The number of anilines is 1. The average Bonchev–Trinajstić information content (AvgIpc) is 3.23. The van der Waals surface area contributed by atoms with Gasteiger partial charge in [0.05, 0.1) is 24.0 Å². The molecule has 0 atom stereocenters. The summed E-state index contributed by atoms with van der Waals surface area (Å²) in [5.74, 6) is -0.434. The molecular weight excluding hydrogens is 433 g/mol. The first-order valence-corrected chi connectivity index (χ1v) is 10.6. The number of ether oxygens (including phenoxy) is 1. The van der Waals surface area contributed by atoms with Crippen LogP contribution in [0.25, 0.3) is 15.9 Å². The maximum Gasteiger partial charge on any atom is 0.336 e. The fourth-order valence-corrected chi connectivity index (χ4v) is 4.40. The molecule has 32 heavy (non-hydrogen) atoms. The van der Waals surface area contributed by atoms with Crippen molar-refractivity contribution in [3.8, 4) is 11.4 Å². The third-order valence-electron chi connectivity index (χ3n) is 5.09. The standard InChI is InChI=1S/C23H20FN3O4S/c1-13-4-7-19(31-3)16(10-13)25-20(28)12-26-18-8-9-32-21(18)22(29)27(23(26)30)17-6-5-15(24)11-14(17)2/h4-11H,12H2,1-3H3,(H,25,28). The normalized spacial score (nSPS) is 11.0. The molecule has 4 aromatic rings. The summed E-state index contributed by atoms with van der Waals surface area (Å²) in [5.41, 5.74) is 1.29. The minimum absolute atomic E-state index is 0.270. The molecule has 0 bridgehead atoms. The molecule has 4 rings (SSSR count). The predicted molar refractivity (Wildman–Crippen MR) is 123 cm³/mol. The summed E-state index contributed by atoms with van der Waals surface area (Å²) < 4.78 is 21.4. The predicted octanol–water partition coefficient (Wildman–Crippen LogP) is 3.62. The number of nitrogens with one attached hydrogen (secondary N) is 1. The van der Waals surface area contributed by atoms with E-state index in [1.807, 2.05) is 13.0 Å². The second-order valence-electron chi connectivity index (χ2n) is 7.33. The van der Waals surface area contributed by atoms with Gasteiger partial charge in [0.1, 0.15) is 22.8 Å². The van der Waals surface area contributed by atoms with Gasteiger partial charge in [-0.1, -0.05) is 6.07 Å². The number of halogens is 1. The molecule has 2 aromatic heterocycles. The van der Waals surface area contributed by atoms with Crippen LogP contribution in [0, 0.1) is 19.7 Å². The van der Waals surface area contributed by atoms with Crippen LogP contribution in [0.15, 0.2) is 57.4 Å². The number of hydrogen-bond donors (Lipinski definition) is 1. The third kappa shape index (κ3) is 3.82. The van der Waals surface area contributed by atoms with Crippen molar-refractivity contribution in [3.05, 3.63) is 85.6 Å². The Balaban J connectivity index is 1.81. The lowest BCUT2D eigenvalue weighted by Crippen LogP contribution is -2.40. The highest BCUT2D eigenvalue weighted by atomic mass is 32.1. The molecule has 0 fully saturated rings. The summed E-state index contributed by atoms with van der Waals surface area (Å²) in [6.07, 6.45) is 0. The molecule has 0 aliphatic rings. The molecule has 2 heterocycles. The highest BCUT2D eigenvalue weighted by Crippen LogP contribution is 2.25. The van der Waals surface area contributed by atoms with Crippen molar-refractivity contribution in [2.75, 3.05) is 12.4 Å². The van der Waals surface area contributed by atoms with E-state index in [0.717, 1.165) is 10.1 Å². The lowest BCUT2D eigenvalue weighted by molar-refractivity contribution is -0.116. The molecule has 0 aliphatic carbocycles. The largest absolute Gasteiger partial charge is 0.495 e. The molecule has 0 saturated carbocycles. The zero-order valence-electron chi connectivity index (χ0n) is 17.6. The number of nitrogens with zero attached hydrogens (tertiary/aromatic N) is 2. The number of hydrogen-bond acceptors (Lipinski definition) is 5. The van der Waals surface area contributed by atoms with Gasteiger partial charge in [0, 0.05) is 0 Å². The molecule has 0 saturated heterocycles. The number of methoxy groups -OCH3 is 1. The van der Waals surface area contributed by atoms with Crippen LogP contribution in [0.2, 0.25) is 0 Å². The van der Waals surface area contributed by atoms with Crippen LogP contribution in [0.1, 0.15) is 11.1 Å². The number of amides is 1. The number of carbonyl (C=O) groups is 1. The van der Waals surface area contributed by atoms with E-state index >= 15 is 0 Å². The molecule has 2 aromatic carbocycles. The highest BCUT2D eigenvalue weighted by molar-refractivity contribution is 7.17. The van der Waals surface area contributed by atoms with Crippen LogP contribution < -0.4 is 21.3 Å². The first kappa shape index (κ1) is 21.5. The first-order valence-electron chi connectivity index (χ1n) is 9.74. The molecule has 0 spiro atoms. The van der Waals surface area contributed by atoms with Gasteiger partial charge < -0.3 is 10.1 Å². The molecular formula is C23H20FN3O4S. The molecule has 0 aliphatic heterocycles. The smallest absolute Gasteiger partial charge is 0.336 e. The average molecular weight is 453 g/mol. The minimum atomic E-state index is -0.679. The highest BCUT2D eigenvalue weighted by Gasteiger charge is 2.19. The fraction of sp³-hybridized carbons (Fsp3) is 0.174. The Morgan fingerprint density at radius 2 is 1.91 bits per heavy atom. The fourth-order valence-electron chi connectivity index (χ4n) is 3.58. The summed E-state index contributed by atoms with van der Waals surface area (Å²) in [5, 5.41) is 4.46. The van der Waals surface area contributed by atoms with E-state index in [2.05, 4.69) is 5.32 Å². The van der Waals surface area contributed by atoms with Crippen LogP contribution in [0.4, 0.5) is 10.1 Å². The summed E-state index contributed by atoms with van der Waals surface area (Å²) in [6, 6.07) is 10.8. The summed E-state index contributed by atoms with van der Waals surface area (Å²) >= 11 is 1.17. The van der Waals surface area contributed by atoms with Crippen LogP contribution in [-0.2, 0) is 11.3 Å². The second kappa shape index (κ2) is 8.43. The van der Waals surface area contributed by atoms with Crippen LogP contribution in [0.3, 0.4) is 0 Å². The summed E-state index contributed by atoms with van der Waals surface area (Å²) in [6.45, 7) is 3.18. The van der Waals surface area contributed by atoms with Gasteiger partial charge in [-0.25, -0.2) is 13.8 Å². The number of benzene rings is 2. The Hall–Kier alpha value is -3.72. The van der Waals surface area contributed by atoms with Gasteiger partial charge in [-0.2, -0.15) is 0 Å². The molecule has 164 valence electrons. The van der Waals surface area contributed by atoms with E-state index in [9.17, 15) is 18.8 Å². The summed E-state index contributed by atoms with van der Waals surface area (Å²) in [4.78, 5) is 39.2. The summed E-state index contributed by atoms with van der Waals surface area (Å²) in [7, 11) is 1.50. The Labute approximate surface area is 186 Å². The first-order chi connectivity index (χ1) is 15.3. The van der Waals surface area contributed by atoms with Crippen molar-refractivity contribution in [2.45, 2.75) is 20.4 Å². The molecule has 0 radical (unpaired) electrons. The number of fused-ring (bicyclic) bond motifs is 1. The van der Waals surface area contributed by atoms with Gasteiger partial charge in [0.2, 0.25) is 5.91 Å². The molecule has 1 amide bonds. The van der Waals surface area contributed by atoms with Crippen molar-refractivity contribution in [3.63, 3.8) is 0 Å². The number of thiophene rings is 1. The zero-order chi connectivity index (χ0) is 23.0.